The number of ether oxygens (including phenoxy) is 1. The van der Waals surface area contributed by atoms with Gasteiger partial charge >= 0.3 is 0 Å². The molecule has 2 fully saturated rings. The SMILES string of the molecule is CC1CN(CC(=O)N2CC(C)OC(C)C2)CC(C)N1. The molecule has 1 amide bonds. The van der Waals surface area contributed by atoms with Crippen molar-refractivity contribution in [1.29, 1.82) is 0 Å². The molecule has 0 aromatic carbocycles. The summed E-state index contributed by atoms with van der Waals surface area (Å²) in [6.07, 6.45) is 0.294. The molecule has 0 aromatic heterocycles. The summed E-state index contributed by atoms with van der Waals surface area (Å²) in [6, 6.07) is 0.915. The molecule has 19 heavy (non-hydrogen) atoms. The number of amides is 1. The van der Waals surface area contributed by atoms with Crippen molar-refractivity contribution >= 4 is 5.91 Å². The Morgan fingerprint density at radius 2 is 1.58 bits per heavy atom. The Labute approximate surface area is 116 Å². The molecule has 5 nitrogen and oxygen atoms in total. The number of piperazine rings is 1. The summed E-state index contributed by atoms with van der Waals surface area (Å²) >= 11 is 0. The number of hydrogen-bond acceptors (Lipinski definition) is 4. The van der Waals surface area contributed by atoms with Crippen LogP contribution in [0, 0.1) is 0 Å². The first-order valence-corrected chi connectivity index (χ1v) is 7.35. The fourth-order valence-corrected chi connectivity index (χ4v) is 3.24. The van der Waals surface area contributed by atoms with Crippen molar-refractivity contribution in [3.63, 3.8) is 0 Å². The van der Waals surface area contributed by atoms with E-state index in [1.165, 1.54) is 0 Å². The highest BCUT2D eigenvalue weighted by molar-refractivity contribution is 5.78. The van der Waals surface area contributed by atoms with Crippen LogP contribution in [0.3, 0.4) is 0 Å². The molecule has 2 heterocycles. The average molecular weight is 269 g/mol. The van der Waals surface area contributed by atoms with E-state index in [-0.39, 0.29) is 18.1 Å². The maximum Gasteiger partial charge on any atom is 0.236 e. The van der Waals surface area contributed by atoms with Crippen molar-refractivity contribution < 1.29 is 9.53 Å². The van der Waals surface area contributed by atoms with Crippen LogP contribution in [0.5, 0.6) is 0 Å². The summed E-state index contributed by atoms with van der Waals surface area (Å²) in [5.74, 6) is 0.239. The number of carbonyl (C=O) groups excluding carboxylic acids is 1. The average Bonchev–Trinajstić information content (AvgIpc) is 2.25. The third kappa shape index (κ3) is 4.16. The van der Waals surface area contributed by atoms with E-state index in [9.17, 15) is 4.79 Å². The molecule has 0 aliphatic carbocycles. The molecule has 1 N–H and O–H groups in total. The smallest absolute Gasteiger partial charge is 0.236 e. The lowest BCUT2D eigenvalue weighted by Gasteiger charge is -2.39. The molecule has 0 radical (unpaired) electrons. The minimum Gasteiger partial charge on any atom is -0.372 e. The molecule has 110 valence electrons. The van der Waals surface area contributed by atoms with Crippen molar-refractivity contribution in [2.45, 2.75) is 52.0 Å². The number of nitrogens with zero attached hydrogens (tertiary/aromatic N) is 2. The monoisotopic (exact) mass is 269 g/mol. The molecular formula is C14H27N3O2. The number of carbonyl (C=O) groups is 1. The van der Waals surface area contributed by atoms with Gasteiger partial charge < -0.3 is 15.0 Å². The van der Waals surface area contributed by atoms with Crippen LogP contribution in [-0.2, 0) is 9.53 Å². The van der Waals surface area contributed by atoms with E-state index in [0.29, 0.717) is 18.6 Å². The van der Waals surface area contributed by atoms with Crippen LogP contribution in [0.1, 0.15) is 27.7 Å². The van der Waals surface area contributed by atoms with Crippen LogP contribution in [-0.4, -0.2) is 72.7 Å². The van der Waals surface area contributed by atoms with Gasteiger partial charge in [-0.3, -0.25) is 9.69 Å². The maximum atomic E-state index is 12.4. The predicted molar refractivity (Wildman–Crippen MR) is 75.1 cm³/mol. The first-order valence-electron chi connectivity index (χ1n) is 7.35. The number of rotatable bonds is 2. The van der Waals surface area contributed by atoms with Crippen LogP contribution >= 0.6 is 0 Å². The molecule has 0 aromatic rings. The Morgan fingerprint density at radius 3 is 2.11 bits per heavy atom. The van der Waals surface area contributed by atoms with Gasteiger partial charge in [-0.25, -0.2) is 0 Å². The summed E-state index contributed by atoms with van der Waals surface area (Å²) in [5.41, 5.74) is 0. The zero-order valence-corrected chi connectivity index (χ0v) is 12.6. The highest BCUT2D eigenvalue weighted by Crippen LogP contribution is 2.12. The van der Waals surface area contributed by atoms with Gasteiger partial charge in [0.2, 0.25) is 5.91 Å². The van der Waals surface area contributed by atoms with Crippen molar-refractivity contribution in [2.24, 2.45) is 0 Å². The first-order chi connectivity index (χ1) is 8.94. The van der Waals surface area contributed by atoms with E-state index < -0.39 is 0 Å². The van der Waals surface area contributed by atoms with Gasteiger partial charge in [-0.1, -0.05) is 0 Å². The van der Waals surface area contributed by atoms with Crippen LogP contribution in [0.25, 0.3) is 0 Å². The standard InChI is InChI=1S/C14H27N3O2/c1-10-5-16(6-11(2)15-10)9-14(18)17-7-12(3)19-13(4)8-17/h10-13,15H,5-9H2,1-4H3. The summed E-state index contributed by atoms with van der Waals surface area (Å²) < 4.78 is 5.67. The molecule has 4 unspecified atom stereocenters. The van der Waals surface area contributed by atoms with Crippen LogP contribution in [0.4, 0.5) is 0 Å². The van der Waals surface area contributed by atoms with Crippen molar-refractivity contribution in [3.8, 4) is 0 Å². The number of nitrogens with one attached hydrogen (secondary N) is 1. The fourth-order valence-electron chi connectivity index (χ4n) is 3.24. The van der Waals surface area contributed by atoms with Gasteiger partial charge in [-0.2, -0.15) is 0 Å². The van der Waals surface area contributed by atoms with Gasteiger partial charge in [-0.05, 0) is 27.7 Å². The second kappa shape index (κ2) is 6.20. The summed E-state index contributed by atoms with van der Waals surface area (Å²) in [7, 11) is 0. The summed E-state index contributed by atoms with van der Waals surface area (Å²) in [6.45, 7) is 12.3. The van der Waals surface area contributed by atoms with Gasteiger partial charge in [0.25, 0.3) is 0 Å². The van der Waals surface area contributed by atoms with Gasteiger partial charge in [0.15, 0.2) is 0 Å². The molecule has 0 bridgehead atoms. The van der Waals surface area contributed by atoms with Gasteiger partial charge in [0.1, 0.15) is 0 Å². The third-order valence-corrected chi connectivity index (χ3v) is 3.76. The van der Waals surface area contributed by atoms with Crippen molar-refractivity contribution in [2.75, 3.05) is 32.7 Å². The molecule has 5 heteroatoms. The Balaban J connectivity index is 1.86. The molecule has 0 saturated carbocycles. The molecule has 2 aliphatic heterocycles. The second-order valence-corrected chi connectivity index (χ2v) is 6.22. The van der Waals surface area contributed by atoms with Crippen LogP contribution in [0.2, 0.25) is 0 Å². The minimum atomic E-state index is 0.147. The summed E-state index contributed by atoms with van der Waals surface area (Å²) in [5, 5.41) is 3.49. The zero-order valence-electron chi connectivity index (χ0n) is 12.6. The van der Waals surface area contributed by atoms with Crippen LogP contribution in [0.15, 0.2) is 0 Å². The molecule has 2 aliphatic rings. The normalized spacial score (nSPS) is 37.4. The minimum absolute atomic E-state index is 0.147. The molecular weight excluding hydrogens is 242 g/mol. The molecule has 2 rings (SSSR count). The van der Waals surface area contributed by atoms with E-state index in [1.54, 1.807) is 0 Å². The molecule has 0 spiro atoms. The quantitative estimate of drug-likeness (QED) is 0.783. The third-order valence-electron chi connectivity index (χ3n) is 3.76. The molecule has 4 atom stereocenters. The number of hydrogen-bond donors (Lipinski definition) is 1. The van der Waals surface area contributed by atoms with Crippen molar-refractivity contribution in [3.05, 3.63) is 0 Å². The zero-order chi connectivity index (χ0) is 14.0. The fraction of sp³-hybridized carbons (Fsp3) is 0.929. The van der Waals surface area contributed by atoms with Gasteiger partial charge in [-0.15, -0.1) is 0 Å². The Kier molecular flexibility index (Phi) is 4.81. The van der Waals surface area contributed by atoms with E-state index in [4.69, 9.17) is 4.74 Å². The maximum absolute atomic E-state index is 12.4. The first kappa shape index (κ1) is 14.8. The van der Waals surface area contributed by atoms with Crippen LogP contribution < -0.4 is 5.32 Å². The van der Waals surface area contributed by atoms with E-state index in [1.807, 2.05) is 18.7 Å². The predicted octanol–water partition coefficient (Wildman–Crippen LogP) is 0.304. The van der Waals surface area contributed by atoms with Crippen molar-refractivity contribution in [1.82, 2.24) is 15.1 Å². The number of morpholine rings is 1. The highest BCUT2D eigenvalue weighted by Gasteiger charge is 2.28. The lowest BCUT2D eigenvalue weighted by atomic mass is 10.1. The van der Waals surface area contributed by atoms with E-state index >= 15 is 0 Å². The highest BCUT2D eigenvalue weighted by atomic mass is 16.5. The Hall–Kier alpha value is -0.650. The largest absolute Gasteiger partial charge is 0.372 e. The van der Waals surface area contributed by atoms with Gasteiger partial charge in [0.05, 0.1) is 18.8 Å². The van der Waals surface area contributed by atoms with Gasteiger partial charge in [0, 0.05) is 38.3 Å². The topological polar surface area (TPSA) is 44.8 Å². The van der Waals surface area contributed by atoms with E-state index in [0.717, 1.165) is 26.2 Å². The summed E-state index contributed by atoms with van der Waals surface area (Å²) in [4.78, 5) is 16.6. The lowest BCUT2D eigenvalue weighted by Crippen LogP contribution is -2.57. The Bertz CT molecular complexity index is 304. The lowest BCUT2D eigenvalue weighted by molar-refractivity contribution is -0.144. The second-order valence-electron chi connectivity index (χ2n) is 6.22. The van der Waals surface area contributed by atoms with E-state index in [2.05, 4.69) is 24.1 Å². The Morgan fingerprint density at radius 1 is 1.05 bits per heavy atom. The molecule has 2 saturated heterocycles.